The first-order valence-corrected chi connectivity index (χ1v) is 8.87. The molecule has 1 aliphatic rings. The minimum absolute atomic E-state index is 0.0148. The van der Waals surface area contributed by atoms with E-state index in [1.807, 2.05) is 25.1 Å². The van der Waals surface area contributed by atoms with Gasteiger partial charge in [0.15, 0.2) is 0 Å². The van der Waals surface area contributed by atoms with E-state index in [4.69, 9.17) is 11.6 Å². The van der Waals surface area contributed by atoms with Crippen LogP contribution in [0.5, 0.6) is 0 Å². The highest BCUT2D eigenvalue weighted by Gasteiger charge is 2.42. The first-order valence-electron chi connectivity index (χ1n) is 7.05. The molecule has 116 valence electrons. The molecule has 0 aromatic carbocycles. The predicted octanol–water partition coefficient (Wildman–Crippen LogP) is 3.04. The van der Waals surface area contributed by atoms with Crippen LogP contribution in [0.4, 0.5) is 0 Å². The van der Waals surface area contributed by atoms with Gasteiger partial charge < -0.3 is 0 Å². The molecule has 3 rings (SSSR count). The summed E-state index contributed by atoms with van der Waals surface area (Å²) in [5.41, 5.74) is 0.730. The summed E-state index contributed by atoms with van der Waals surface area (Å²) in [7, 11) is -3.66. The molecule has 22 heavy (non-hydrogen) atoms. The lowest BCUT2D eigenvalue weighted by atomic mass is 10.2. The van der Waals surface area contributed by atoms with Crippen LogP contribution in [0.3, 0.4) is 0 Å². The van der Waals surface area contributed by atoms with Crippen molar-refractivity contribution < 1.29 is 8.42 Å². The Labute approximate surface area is 135 Å². The molecule has 0 N–H and O–H groups in total. The maximum atomic E-state index is 13.0. The second-order valence-corrected chi connectivity index (χ2v) is 7.62. The number of sulfonamides is 1. The van der Waals surface area contributed by atoms with Gasteiger partial charge in [0.2, 0.25) is 10.0 Å². The summed E-state index contributed by atoms with van der Waals surface area (Å²) in [4.78, 5) is 8.30. The van der Waals surface area contributed by atoms with Gasteiger partial charge in [-0.05, 0) is 38.0 Å². The van der Waals surface area contributed by atoms with Crippen LogP contribution in [0, 0.1) is 0 Å². The minimum Gasteiger partial charge on any atom is -0.262 e. The first-order chi connectivity index (χ1) is 10.5. The van der Waals surface area contributed by atoms with E-state index in [0.717, 1.165) is 18.5 Å². The van der Waals surface area contributed by atoms with Gasteiger partial charge in [0, 0.05) is 24.6 Å². The molecule has 0 radical (unpaired) electrons. The van der Waals surface area contributed by atoms with Crippen LogP contribution in [-0.4, -0.2) is 28.7 Å². The van der Waals surface area contributed by atoms with Crippen molar-refractivity contribution in [2.45, 2.75) is 36.7 Å². The highest BCUT2D eigenvalue weighted by Crippen LogP contribution is 2.38. The van der Waals surface area contributed by atoms with Crippen LogP contribution in [0.15, 0.2) is 47.8 Å². The maximum Gasteiger partial charge on any atom is 0.245 e. The van der Waals surface area contributed by atoms with Crippen molar-refractivity contribution in [3.05, 3.63) is 53.6 Å². The van der Waals surface area contributed by atoms with Gasteiger partial charge in [-0.25, -0.2) is 8.42 Å². The lowest BCUT2D eigenvalue weighted by Gasteiger charge is -2.28. The summed E-state index contributed by atoms with van der Waals surface area (Å²) in [5.74, 6) is 0. The predicted molar refractivity (Wildman–Crippen MR) is 83.9 cm³/mol. The summed E-state index contributed by atoms with van der Waals surface area (Å²) in [5, 5.41) is 0.308. The molecule has 1 fully saturated rings. The Balaban J connectivity index is 2.01. The molecular formula is C15H16ClN3O2S. The Hall–Kier alpha value is -1.50. The van der Waals surface area contributed by atoms with E-state index in [-0.39, 0.29) is 17.0 Å². The lowest BCUT2D eigenvalue weighted by Crippen LogP contribution is -2.36. The molecule has 1 saturated carbocycles. The molecule has 0 saturated heterocycles. The average Bonchev–Trinajstić information content (AvgIpc) is 3.32. The summed E-state index contributed by atoms with van der Waals surface area (Å²) in [6.07, 6.45) is 6.16. The van der Waals surface area contributed by atoms with Crippen LogP contribution < -0.4 is 0 Å². The zero-order valence-corrected chi connectivity index (χ0v) is 13.6. The smallest absolute Gasteiger partial charge is 0.245 e. The van der Waals surface area contributed by atoms with E-state index >= 15 is 0 Å². The van der Waals surface area contributed by atoms with Gasteiger partial charge >= 0.3 is 0 Å². The maximum absolute atomic E-state index is 13.0. The van der Waals surface area contributed by atoms with Gasteiger partial charge in [0.1, 0.15) is 4.90 Å². The van der Waals surface area contributed by atoms with Gasteiger partial charge in [-0.1, -0.05) is 17.7 Å². The summed E-state index contributed by atoms with van der Waals surface area (Å²) < 4.78 is 27.5. The van der Waals surface area contributed by atoms with E-state index in [9.17, 15) is 8.42 Å². The number of nitrogens with zero attached hydrogens (tertiary/aromatic N) is 3. The third kappa shape index (κ3) is 2.99. The highest BCUT2D eigenvalue weighted by molar-refractivity contribution is 7.89. The second-order valence-electron chi connectivity index (χ2n) is 5.34. The molecule has 2 aromatic heterocycles. The van der Waals surface area contributed by atoms with Crippen molar-refractivity contribution in [3.8, 4) is 0 Å². The summed E-state index contributed by atoms with van der Waals surface area (Å²) in [6, 6.07) is 6.62. The highest BCUT2D eigenvalue weighted by atomic mass is 35.5. The number of rotatable bonds is 5. The Kier molecular flexibility index (Phi) is 4.16. The molecule has 2 aromatic rings. The van der Waals surface area contributed by atoms with Gasteiger partial charge in [0.25, 0.3) is 0 Å². The minimum atomic E-state index is -3.66. The van der Waals surface area contributed by atoms with Crippen molar-refractivity contribution in [3.63, 3.8) is 0 Å². The topological polar surface area (TPSA) is 63.2 Å². The van der Waals surface area contributed by atoms with Gasteiger partial charge in [0.05, 0.1) is 16.8 Å². The first kappa shape index (κ1) is 15.4. The second kappa shape index (κ2) is 5.95. The average molecular weight is 338 g/mol. The molecule has 1 atom stereocenters. The SMILES string of the molecule is CC(c1ccccn1)N(C1CC1)S(=O)(=O)c1cncc(Cl)c1. The molecule has 0 bridgehead atoms. The van der Waals surface area contributed by atoms with E-state index < -0.39 is 10.0 Å². The molecule has 1 aliphatic carbocycles. The van der Waals surface area contributed by atoms with E-state index in [0.29, 0.717) is 5.02 Å². The Morgan fingerprint density at radius 3 is 2.68 bits per heavy atom. The van der Waals surface area contributed by atoms with Crippen LogP contribution in [0.25, 0.3) is 0 Å². The lowest BCUT2D eigenvalue weighted by molar-refractivity contribution is 0.329. The largest absolute Gasteiger partial charge is 0.262 e. The van der Waals surface area contributed by atoms with E-state index in [1.165, 1.54) is 22.8 Å². The van der Waals surface area contributed by atoms with Gasteiger partial charge in [-0.3, -0.25) is 9.97 Å². The number of pyridine rings is 2. The quantitative estimate of drug-likeness (QED) is 0.841. The Bertz CT molecular complexity index is 763. The van der Waals surface area contributed by atoms with E-state index in [2.05, 4.69) is 9.97 Å². The third-order valence-electron chi connectivity index (χ3n) is 3.66. The van der Waals surface area contributed by atoms with Crippen molar-refractivity contribution >= 4 is 21.6 Å². The number of aromatic nitrogens is 2. The molecular weight excluding hydrogens is 322 g/mol. The molecule has 5 nitrogen and oxygen atoms in total. The Morgan fingerprint density at radius 1 is 1.32 bits per heavy atom. The zero-order chi connectivity index (χ0) is 15.7. The fraction of sp³-hybridized carbons (Fsp3) is 0.333. The van der Waals surface area contributed by atoms with Crippen LogP contribution in [0.2, 0.25) is 5.02 Å². The fourth-order valence-corrected chi connectivity index (χ4v) is 4.54. The molecule has 0 amide bonds. The van der Waals surface area contributed by atoms with Crippen LogP contribution in [-0.2, 0) is 10.0 Å². The fourth-order valence-electron chi connectivity index (χ4n) is 2.46. The van der Waals surface area contributed by atoms with Crippen LogP contribution in [0.1, 0.15) is 31.5 Å². The van der Waals surface area contributed by atoms with Crippen LogP contribution >= 0.6 is 11.6 Å². The summed E-state index contributed by atoms with van der Waals surface area (Å²) >= 11 is 5.89. The van der Waals surface area contributed by atoms with Crippen molar-refractivity contribution in [1.82, 2.24) is 14.3 Å². The van der Waals surface area contributed by atoms with Crippen molar-refractivity contribution in [2.75, 3.05) is 0 Å². The molecule has 1 unspecified atom stereocenters. The standard InChI is InChI=1S/C15H16ClN3O2S/c1-11(15-4-2-3-7-18-15)19(13-5-6-13)22(20,21)14-8-12(16)9-17-10-14/h2-4,7-11,13H,5-6H2,1H3. The molecule has 0 aliphatic heterocycles. The Morgan fingerprint density at radius 2 is 2.09 bits per heavy atom. The van der Waals surface area contributed by atoms with Crippen molar-refractivity contribution in [1.29, 1.82) is 0 Å². The van der Waals surface area contributed by atoms with Gasteiger partial charge in [-0.2, -0.15) is 4.31 Å². The van der Waals surface area contributed by atoms with E-state index in [1.54, 1.807) is 6.20 Å². The van der Waals surface area contributed by atoms with Gasteiger partial charge in [-0.15, -0.1) is 0 Å². The summed E-state index contributed by atoms with van der Waals surface area (Å²) in [6.45, 7) is 1.86. The molecule has 7 heteroatoms. The monoisotopic (exact) mass is 337 g/mol. The normalized spacial score (nSPS) is 16.7. The molecule has 0 spiro atoms. The number of hydrogen-bond acceptors (Lipinski definition) is 4. The van der Waals surface area contributed by atoms with Crippen molar-refractivity contribution in [2.24, 2.45) is 0 Å². The zero-order valence-electron chi connectivity index (χ0n) is 12.1. The third-order valence-corrected chi connectivity index (χ3v) is 5.85. The number of halogens is 1. The number of hydrogen-bond donors (Lipinski definition) is 0. The molecule has 2 heterocycles.